The molecule has 0 aliphatic heterocycles. The second kappa shape index (κ2) is 9.56. The van der Waals surface area contributed by atoms with Gasteiger partial charge in [0.05, 0.1) is 11.2 Å². The molecular weight excluding hydrogens is 445 g/mol. The van der Waals surface area contributed by atoms with Gasteiger partial charge in [-0.15, -0.1) is 0 Å². The predicted molar refractivity (Wildman–Crippen MR) is 123 cm³/mol. The Labute approximate surface area is 190 Å². The summed E-state index contributed by atoms with van der Waals surface area (Å²) >= 11 is 17.9. The normalized spacial score (nSPS) is 11.1. The van der Waals surface area contributed by atoms with Crippen LogP contribution in [0, 0.1) is 20.8 Å². The number of aromatic nitrogens is 1. The minimum absolute atomic E-state index is 0.195. The van der Waals surface area contributed by atoms with Crippen LogP contribution in [0.5, 0.6) is 5.75 Å². The third kappa shape index (κ3) is 5.17. The molecule has 1 amide bonds. The van der Waals surface area contributed by atoms with Gasteiger partial charge in [-0.3, -0.25) is 4.79 Å². The van der Waals surface area contributed by atoms with E-state index in [0.717, 1.165) is 22.6 Å². The number of carbonyl (C=O) groups is 1. The van der Waals surface area contributed by atoms with Gasteiger partial charge in [0.25, 0.3) is 5.91 Å². The van der Waals surface area contributed by atoms with Gasteiger partial charge < -0.3 is 9.30 Å². The van der Waals surface area contributed by atoms with E-state index >= 15 is 0 Å². The summed E-state index contributed by atoms with van der Waals surface area (Å²) in [6.07, 6.45) is 1.61. The largest absolute Gasteiger partial charge is 0.482 e. The highest BCUT2D eigenvalue weighted by atomic mass is 35.5. The van der Waals surface area contributed by atoms with Crippen molar-refractivity contribution in [1.29, 1.82) is 0 Å². The van der Waals surface area contributed by atoms with Crippen LogP contribution in [0.3, 0.4) is 0 Å². The summed E-state index contributed by atoms with van der Waals surface area (Å²) in [5, 5.41) is 4.84. The maximum atomic E-state index is 12.0. The molecule has 1 heterocycles. The van der Waals surface area contributed by atoms with Crippen LogP contribution >= 0.6 is 34.8 Å². The molecule has 5 nitrogen and oxygen atoms in total. The molecule has 0 atom stereocenters. The lowest BCUT2D eigenvalue weighted by Gasteiger charge is -2.10. The molecule has 1 N–H and O–H groups in total. The maximum Gasteiger partial charge on any atom is 0.277 e. The molecule has 1 aromatic heterocycles. The summed E-state index contributed by atoms with van der Waals surface area (Å²) < 4.78 is 7.53. The minimum atomic E-state index is -0.439. The highest BCUT2D eigenvalue weighted by Crippen LogP contribution is 2.35. The van der Waals surface area contributed by atoms with Crippen molar-refractivity contribution < 1.29 is 9.53 Å². The molecule has 3 rings (SSSR count). The van der Waals surface area contributed by atoms with Gasteiger partial charge >= 0.3 is 0 Å². The summed E-state index contributed by atoms with van der Waals surface area (Å²) in [6, 6.07) is 13.3. The van der Waals surface area contributed by atoms with Gasteiger partial charge in [-0.25, -0.2) is 5.43 Å². The zero-order valence-electron chi connectivity index (χ0n) is 16.7. The van der Waals surface area contributed by atoms with E-state index in [2.05, 4.69) is 40.2 Å². The highest BCUT2D eigenvalue weighted by molar-refractivity contribution is 6.44. The highest BCUT2D eigenvalue weighted by Gasteiger charge is 2.11. The molecule has 0 aliphatic rings. The third-order valence-electron chi connectivity index (χ3n) is 4.44. The second-order valence-corrected chi connectivity index (χ2v) is 8.00. The number of hydrogen-bond donors (Lipinski definition) is 1. The molecule has 0 fully saturated rings. The molecule has 156 valence electrons. The van der Waals surface area contributed by atoms with Crippen molar-refractivity contribution in [2.45, 2.75) is 20.8 Å². The van der Waals surface area contributed by atoms with Crippen LogP contribution in [-0.2, 0) is 4.79 Å². The molecule has 2 aromatic carbocycles. The Balaban J connectivity index is 1.65. The molecule has 0 aliphatic carbocycles. The fraction of sp³-hybridized carbons (Fsp3) is 0.182. The number of hydrogen-bond acceptors (Lipinski definition) is 3. The van der Waals surface area contributed by atoms with Crippen LogP contribution in [0.2, 0.25) is 15.1 Å². The monoisotopic (exact) mass is 463 g/mol. The van der Waals surface area contributed by atoms with Crippen LogP contribution in [0.25, 0.3) is 5.69 Å². The van der Waals surface area contributed by atoms with Gasteiger partial charge in [0, 0.05) is 33.7 Å². The number of aryl methyl sites for hydroxylation is 2. The van der Waals surface area contributed by atoms with Crippen molar-refractivity contribution in [1.82, 2.24) is 9.99 Å². The summed E-state index contributed by atoms with van der Waals surface area (Å²) in [7, 11) is 0. The molecule has 0 saturated heterocycles. The van der Waals surface area contributed by atoms with E-state index in [9.17, 15) is 4.79 Å². The number of carbonyl (C=O) groups excluding carboxylic acids is 1. The van der Waals surface area contributed by atoms with E-state index in [4.69, 9.17) is 39.5 Å². The summed E-state index contributed by atoms with van der Waals surface area (Å²) in [6.45, 7) is 5.81. The lowest BCUT2D eigenvalue weighted by molar-refractivity contribution is -0.123. The Morgan fingerprint density at radius 1 is 1.13 bits per heavy atom. The number of benzene rings is 2. The smallest absolute Gasteiger partial charge is 0.277 e. The Kier molecular flexibility index (Phi) is 7.08. The van der Waals surface area contributed by atoms with Gasteiger partial charge in [0.1, 0.15) is 10.8 Å². The number of rotatable bonds is 6. The van der Waals surface area contributed by atoms with Crippen LogP contribution in [0.1, 0.15) is 22.5 Å². The van der Waals surface area contributed by atoms with Crippen LogP contribution in [0.15, 0.2) is 47.6 Å². The number of amides is 1. The first-order valence-corrected chi connectivity index (χ1v) is 10.2. The van der Waals surface area contributed by atoms with Gasteiger partial charge in [-0.2, -0.15) is 5.10 Å². The van der Waals surface area contributed by atoms with E-state index in [1.54, 1.807) is 6.21 Å². The molecule has 0 radical (unpaired) electrons. The molecule has 3 aromatic rings. The van der Waals surface area contributed by atoms with Gasteiger partial charge in [0.15, 0.2) is 6.61 Å². The molecular formula is C22H20Cl3N3O2. The van der Waals surface area contributed by atoms with Crippen molar-refractivity contribution in [2.24, 2.45) is 5.10 Å². The first-order valence-electron chi connectivity index (χ1n) is 9.11. The molecule has 30 heavy (non-hydrogen) atoms. The van der Waals surface area contributed by atoms with E-state index < -0.39 is 5.91 Å². The number of nitrogens with one attached hydrogen (secondary N) is 1. The number of halogens is 3. The number of ether oxygens (including phenoxy) is 1. The first kappa shape index (κ1) is 22.2. The van der Waals surface area contributed by atoms with Crippen molar-refractivity contribution in [3.8, 4) is 11.4 Å². The van der Waals surface area contributed by atoms with Crippen molar-refractivity contribution in [3.63, 3.8) is 0 Å². The second-order valence-electron chi connectivity index (χ2n) is 6.78. The van der Waals surface area contributed by atoms with Gasteiger partial charge in [-0.1, -0.05) is 46.9 Å². The molecule has 0 unspecified atom stereocenters. The van der Waals surface area contributed by atoms with Crippen LogP contribution in [-0.4, -0.2) is 23.3 Å². The third-order valence-corrected chi connectivity index (χ3v) is 5.44. The van der Waals surface area contributed by atoms with Crippen LogP contribution in [0.4, 0.5) is 0 Å². The maximum absolute atomic E-state index is 12.0. The topological polar surface area (TPSA) is 55.6 Å². The molecule has 0 spiro atoms. The van der Waals surface area contributed by atoms with Crippen molar-refractivity contribution in [2.75, 3.05) is 6.61 Å². The molecule has 8 heteroatoms. The standard InChI is InChI=1S/C22H20Cl3N3O2/c1-13-5-4-6-18(7-13)28-14(2)8-16(15(28)3)11-26-27-21(29)12-30-20-10-17(23)9-19(24)22(20)25/h4-11H,12H2,1-3H3,(H,27,29)/b26-11-. The number of nitrogens with zero attached hydrogens (tertiary/aromatic N) is 2. The lowest BCUT2D eigenvalue weighted by atomic mass is 10.2. The Morgan fingerprint density at radius 3 is 2.63 bits per heavy atom. The first-order chi connectivity index (χ1) is 14.3. The fourth-order valence-electron chi connectivity index (χ4n) is 3.07. The molecule has 0 saturated carbocycles. The van der Waals surface area contributed by atoms with E-state index in [0.29, 0.717) is 5.02 Å². The number of hydrazone groups is 1. The predicted octanol–water partition coefficient (Wildman–Crippen LogP) is 5.89. The summed E-state index contributed by atoms with van der Waals surface area (Å²) in [5.74, 6) is -0.207. The van der Waals surface area contributed by atoms with E-state index in [-0.39, 0.29) is 22.4 Å². The SMILES string of the molecule is Cc1cccc(-n2c(C)cc(/C=N\NC(=O)COc3cc(Cl)cc(Cl)c3Cl)c2C)c1. The van der Waals surface area contributed by atoms with Crippen LogP contribution < -0.4 is 10.2 Å². The zero-order valence-corrected chi connectivity index (χ0v) is 18.9. The quantitative estimate of drug-likeness (QED) is 0.281. The average Bonchev–Trinajstić information content (AvgIpc) is 2.97. The lowest BCUT2D eigenvalue weighted by Crippen LogP contribution is -2.24. The van der Waals surface area contributed by atoms with E-state index in [1.165, 1.54) is 17.7 Å². The average molecular weight is 465 g/mol. The minimum Gasteiger partial charge on any atom is -0.482 e. The Bertz CT molecular complexity index is 1120. The van der Waals surface area contributed by atoms with Gasteiger partial charge in [-0.05, 0) is 50.6 Å². The zero-order chi connectivity index (χ0) is 21.8. The van der Waals surface area contributed by atoms with Gasteiger partial charge in [0.2, 0.25) is 0 Å². The van der Waals surface area contributed by atoms with Crippen molar-refractivity contribution >= 4 is 46.9 Å². The van der Waals surface area contributed by atoms with E-state index in [1.807, 2.05) is 26.0 Å². The fourth-order valence-corrected chi connectivity index (χ4v) is 3.71. The summed E-state index contributed by atoms with van der Waals surface area (Å²) in [4.78, 5) is 12.0. The van der Waals surface area contributed by atoms with Crippen molar-refractivity contribution in [3.05, 3.63) is 80.0 Å². The summed E-state index contributed by atoms with van der Waals surface area (Å²) in [5.41, 5.74) is 7.70. The Morgan fingerprint density at radius 2 is 1.90 bits per heavy atom. The Hall–Kier alpha value is -2.47. The molecule has 0 bridgehead atoms.